The maximum Gasteiger partial charge on any atom is 0.0963 e. The normalized spacial score (nSPS) is 39.5. The zero-order valence-corrected chi connectivity index (χ0v) is 7.84. The van der Waals surface area contributed by atoms with Gasteiger partial charge in [-0.25, -0.2) is 5.11 Å². The summed E-state index contributed by atoms with van der Waals surface area (Å²) in [5, 5.41) is 11.5. The Hall–Kier alpha value is -0.0400. The Balaban J connectivity index is 2.44. The smallest absolute Gasteiger partial charge is 0.0963 e. The first-order valence-corrected chi connectivity index (χ1v) is 4.77. The molecule has 0 N–H and O–H groups in total. The van der Waals surface area contributed by atoms with Gasteiger partial charge in [-0.05, 0) is 30.6 Å². The van der Waals surface area contributed by atoms with Gasteiger partial charge in [0.05, 0.1) is 6.10 Å². The molecule has 1 aliphatic rings. The minimum absolute atomic E-state index is 0.279. The molecule has 0 spiro atoms. The van der Waals surface area contributed by atoms with Crippen molar-refractivity contribution in [1.82, 2.24) is 0 Å². The molecule has 1 heteroatoms. The van der Waals surface area contributed by atoms with E-state index in [0.717, 1.165) is 12.8 Å². The summed E-state index contributed by atoms with van der Waals surface area (Å²) in [6.45, 7) is 6.54. The fourth-order valence-corrected chi connectivity index (χ4v) is 2.11. The largest absolute Gasteiger partial charge is 0.233 e. The lowest BCUT2D eigenvalue weighted by Gasteiger charge is -2.32. The highest BCUT2D eigenvalue weighted by atomic mass is 16.3. The summed E-state index contributed by atoms with van der Waals surface area (Å²) in [6, 6.07) is 0. The molecule has 11 heavy (non-hydrogen) atoms. The van der Waals surface area contributed by atoms with Gasteiger partial charge in [-0.1, -0.05) is 27.2 Å². The van der Waals surface area contributed by atoms with Gasteiger partial charge in [-0.2, -0.15) is 0 Å². The molecule has 0 unspecified atom stereocenters. The average Bonchev–Trinajstić information content (AvgIpc) is 1.85. The monoisotopic (exact) mass is 155 g/mol. The second-order valence-electron chi connectivity index (χ2n) is 4.36. The Morgan fingerprint density at radius 3 is 2.36 bits per heavy atom. The van der Waals surface area contributed by atoms with Gasteiger partial charge in [0, 0.05) is 0 Å². The first kappa shape index (κ1) is 9.05. The van der Waals surface area contributed by atoms with Crippen LogP contribution in [0.3, 0.4) is 0 Å². The Kier molecular flexibility index (Phi) is 2.94. The summed E-state index contributed by atoms with van der Waals surface area (Å²) in [6.07, 6.45) is 3.05. The van der Waals surface area contributed by atoms with Crippen molar-refractivity contribution in [1.29, 1.82) is 0 Å². The Morgan fingerprint density at radius 1 is 1.27 bits per heavy atom. The van der Waals surface area contributed by atoms with E-state index in [0.29, 0.717) is 17.8 Å². The summed E-state index contributed by atoms with van der Waals surface area (Å²) in [7, 11) is 0. The molecule has 1 nitrogen and oxygen atoms in total. The molecule has 0 heterocycles. The third-order valence-corrected chi connectivity index (χ3v) is 2.96. The van der Waals surface area contributed by atoms with Gasteiger partial charge in [-0.15, -0.1) is 0 Å². The fourth-order valence-electron chi connectivity index (χ4n) is 2.11. The van der Waals surface area contributed by atoms with Crippen molar-refractivity contribution in [2.45, 2.75) is 46.1 Å². The average molecular weight is 155 g/mol. The molecule has 3 atom stereocenters. The number of hydrogen-bond acceptors (Lipinski definition) is 0. The standard InChI is InChI=1S/C10H19O/c1-7(2)9-5-4-8(3)6-10(9)11/h7-10H,4-6H2,1-3H3/t8-,9+,10-/m0/s1. The quantitative estimate of drug-likeness (QED) is 0.555. The van der Waals surface area contributed by atoms with Crippen molar-refractivity contribution < 1.29 is 5.11 Å². The van der Waals surface area contributed by atoms with Gasteiger partial charge >= 0.3 is 0 Å². The van der Waals surface area contributed by atoms with Crippen LogP contribution in [0.1, 0.15) is 40.0 Å². The SMILES string of the molecule is CC(C)[C@H]1CC[C@H](C)C[C@@H]1[O]. The third kappa shape index (κ3) is 2.19. The van der Waals surface area contributed by atoms with Gasteiger partial charge in [0.1, 0.15) is 0 Å². The van der Waals surface area contributed by atoms with Gasteiger partial charge in [0.2, 0.25) is 0 Å². The molecule has 0 aromatic heterocycles. The zero-order valence-electron chi connectivity index (χ0n) is 7.84. The van der Waals surface area contributed by atoms with Gasteiger partial charge in [0.15, 0.2) is 0 Å². The van der Waals surface area contributed by atoms with E-state index in [2.05, 4.69) is 20.8 Å². The van der Waals surface area contributed by atoms with Crippen molar-refractivity contribution >= 4 is 0 Å². The predicted octanol–water partition coefficient (Wildman–Crippen LogP) is 2.88. The van der Waals surface area contributed by atoms with Crippen LogP contribution >= 0.6 is 0 Å². The van der Waals surface area contributed by atoms with E-state index in [4.69, 9.17) is 0 Å². The molecule has 0 saturated heterocycles. The molecular weight excluding hydrogens is 136 g/mol. The summed E-state index contributed by atoms with van der Waals surface area (Å²) in [4.78, 5) is 0. The lowest BCUT2D eigenvalue weighted by molar-refractivity contribution is -0.0246. The second kappa shape index (κ2) is 3.57. The molecule has 0 aliphatic heterocycles. The van der Waals surface area contributed by atoms with Crippen LogP contribution in [0.4, 0.5) is 0 Å². The molecule has 1 aliphatic carbocycles. The maximum atomic E-state index is 11.5. The highest BCUT2D eigenvalue weighted by molar-refractivity contribution is 4.79. The Morgan fingerprint density at radius 2 is 1.91 bits per heavy atom. The molecule has 65 valence electrons. The topological polar surface area (TPSA) is 19.9 Å². The first-order chi connectivity index (χ1) is 5.11. The fraction of sp³-hybridized carbons (Fsp3) is 1.00. The number of rotatable bonds is 1. The predicted molar refractivity (Wildman–Crippen MR) is 45.8 cm³/mol. The van der Waals surface area contributed by atoms with Crippen LogP contribution in [0.2, 0.25) is 0 Å². The molecule has 0 aromatic rings. The minimum atomic E-state index is -0.279. The molecule has 1 rings (SSSR count). The molecule has 0 amide bonds. The van der Waals surface area contributed by atoms with Crippen molar-refractivity contribution in [2.75, 3.05) is 0 Å². The van der Waals surface area contributed by atoms with Crippen LogP contribution in [0.25, 0.3) is 0 Å². The molecule has 1 fully saturated rings. The minimum Gasteiger partial charge on any atom is -0.233 e. The van der Waals surface area contributed by atoms with Crippen LogP contribution in [-0.4, -0.2) is 6.10 Å². The molecular formula is C10H19O. The van der Waals surface area contributed by atoms with Crippen LogP contribution < -0.4 is 0 Å². The van der Waals surface area contributed by atoms with Crippen LogP contribution in [0.15, 0.2) is 0 Å². The summed E-state index contributed by atoms with van der Waals surface area (Å²) in [5.74, 6) is 1.71. The van der Waals surface area contributed by atoms with E-state index in [-0.39, 0.29) is 6.10 Å². The molecule has 0 aromatic carbocycles. The van der Waals surface area contributed by atoms with E-state index < -0.39 is 0 Å². The van der Waals surface area contributed by atoms with Crippen molar-refractivity contribution in [3.05, 3.63) is 0 Å². The first-order valence-electron chi connectivity index (χ1n) is 4.77. The van der Waals surface area contributed by atoms with Gasteiger partial charge in [-0.3, -0.25) is 0 Å². The maximum absolute atomic E-state index is 11.5. The summed E-state index contributed by atoms with van der Waals surface area (Å²) >= 11 is 0. The second-order valence-corrected chi connectivity index (χ2v) is 4.36. The van der Waals surface area contributed by atoms with E-state index in [9.17, 15) is 5.11 Å². The van der Waals surface area contributed by atoms with E-state index >= 15 is 0 Å². The van der Waals surface area contributed by atoms with Crippen LogP contribution in [-0.2, 0) is 5.11 Å². The highest BCUT2D eigenvalue weighted by Gasteiger charge is 2.29. The lowest BCUT2D eigenvalue weighted by atomic mass is 9.75. The van der Waals surface area contributed by atoms with Crippen molar-refractivity contribution in [3.63, 3.8) is 0 Å². The molecule has 0 bridgehead atoms. The Bertz CT molecular complexity index is 120. The number of hydrogen-bond donors (Lipinski definition) is 0. The van der Waals surface area contributed by atoms with Gasteiger partial charge < -0.3 is 0 Å². The van der Waals surface area contributed by atoms with Crippen LogP contribution in [0, 0.1) is 17.8 Å². The highest BCUT2D eigenvalue weighted by Crippen LogP contribution is 2.33. The van der Waals surface area contributed by atoms with Gasteiger partial charge in [0.25, 0.3) is 0 Å². The van der Waals surface area contributed by atoms with E-state index in [1.54, 1.807) is 0 Å². The Labute approximate surface area is 69.8 Å². The molecule has 1 saturated carbocycles. The van der Waals surface area contributed by atoms with Crippen molar-refractivity contribution in [3.8, 4) is 0 Å². The zero-order chi connectivity index (χ0) is 8.43. The lowest BCUT2D eigenvalue weighted by Crippen LogP contribution is -2.30. The summed E-state index contributed by atoms with van der Waals surface area (Å²) < 4.78 is 0. The van der Waals surface area contributed by atoms with E-state index in [1.807, 2.05) is 0 Å². The van der Waals surface area contributed by atoms with Crippen LogP contribution in [0.5, 0.6) is 0 Å². The summed E-state index contributed by atoms with van der Waals surface area (Å²) in [5.41, 5.74) is 0. The molecule has 1 radical (unpaired) electrons. The van der Waals surface area contributed by atoms with Crippen molar-refractivity contribution in [2.24, 2.45) is 17.8 Å². The van der Waals surface area contributed by atoms with E-state index in [1.165, 1.54) is 6.42 Å². The third-order valence-electron chi connectivity index (χ3n) is 2.96.